The highest BCUT2D eigenvalue weighted by Crippen LogP contribution is 2.30. The Balaban J connectivity index is 2.31. The average molecular weight is 175 g/mol. The fourth-order valence-corrected chi connectivity index (χ4v) is 1.66. The van der Waals surface area contributed by atoms with Crippen LogP contribution < -0.4 is 0 Å². The lowest BCUT2D eigenvalue weighted by Crippen LogP contribution is -2.58. The number of carbonyl (C=O) groups is 1. The molecule has 0 aromatic rings. The highest BCUT2D eigenvalue weighted by Gasteiger charge is 2.40. The first-order valence-electron chi connectivity index (χ1n) is 3.59. The predicted molar refractivity (Wildman–Crippen MR) is 45.3 cm³/mol. The standard InChI is InChI=1S/C7H13NO2S/c1-6(9)8-3-7(2,4-8)5-10-11/h11H,3-5H2,1-2H3. The number of likely N-dealkylation sites (tertiary alicyclic amines) is 1. The van der Waals surface area contributed by atoms with Gasteiger partial charge < -0.3 is 9.08 Å². The van der Waals surface area contributed by atoms with Gasteiger partial charge in [-0.15, -0.1) is 0 Å². The number of amides is 1. The molecule has 64 valence electrons. The molecule has 0 saturated carbocycles. The van der Waals surface area contributed by atoms with Crippen LogP contribution in [0.25, 0.3) is 0 Å². The molecule has 1 fully saturated rings. The molecule has 3 nitrogen and oxygen atoms in total. The van der Waals surface area contributed by atoms with Crippen LogP contribution >= 0.6 is 12.9 Å². The van der Waals surface area contributed by atoms with E-state index in [9.17, 15) is 4.79 Å². The molecule has 1 heterocycles. The van der Waals surface area contributed by atoms with Crippen LogP contribution in [0.2, 0.25) is 0 Å². The lowest BCUT2D eigenvalue weighted by atomic mass is 9.83. The monoisotopic (exact) mass is 175 g/mol. The summed E-state index contributed by atoms with van der Waals surface area (Å²) in [5, 5.41) is 0. The number of hydrogen-bond acceptors (Lipinski definition) is 3. The van der Waals surface area contributed by atoms with Crippen molar-refractivity contribution < 1.29 is 8.98 Å². The molecule has 0 aliphatic carbocycles. The summed E-state index contributed by atoms with van der Waals surface area (Å²) in [6, 6.07) is 0. The van der Waals surface area contributed by atoms with E-state index in [0.717, 1.165) is 13.1 Å². The maximum Gasteiger partial charge on any atom is 0.219 e. The van der Waals surface area contributed by atoms with Crippen molar-refractivity contribution in [3.05, 3.63) is 0 Å². The second kappa shape index (κ2) is 3.03. The maximum atomic E-state index is 10.8. The summed E-state index contributed by atoms with van der Waals surface area (Å²) in [5.74, 6) is 0.140. The van der Waals surface area contributed by atoms with E-state index in [-0.39, 0.29) is 11.3 Å². The number of rotatable bonds is 2. The van der Waals surface area contributed by atoms with E-state index in [1.54, 1.807) is 11.8 Å². The SMILES string of the molecule is CC(=O)N1CC(C)(COS)C1. The van der Waals surface area contributed by atoms with E-state index in [1.807, 2.05) is 0 Å². The van der Waals surface area contributed by atoms with Crippen LogP contribution in [0.15, 0.2) is 0 Å². The Morgan fingerprint density at radius 1 is 1.73 bits per heavy atom. The third-order valence-corrected chi connectivity index (χ3v) is 2.13. The van der Waals surface area contributed by atoms with Gasteiger partial charge in [-0.2, -0.15) is 0 Å². The molecule has 1 aliphatic rings. The highest BCUT2D eigenvalue weighted by molar-refractivity contribution is 7.75. The van der Waals surface area contributed by atoms with Gasteiger partial charge in [-0.3, -0.25) is 4.79 Å². The quantitative estimate of drug-likeness (QED) is 0.495. The first-order chi connectivity index (χ1) is 5.07. The van der Waals surface area contributed by atoms with Gasteiger partial charge in [0.15, 0.2) is 0 Å². The zero-order chi connectivity index (χ0) is 8.48. The number of hydrogen-bond donors (Lipinski definition) is 1. The molecule has 0 N–H and O–H groups in total. The molecule has 0 bridgehead atoms. The van der Waals surface area contributed by atoms with E-state index >= 15 is 0 Å². The molecular formula is C7H13NO2S. The molecule has 0 radical (unpaired) electrons. The summed E-state index contributed by atoms with van der Waals surface area (Å²) in [6.45, 7) is 5.87. The van der Waals surface area contributed by atoms with Crippen LogP contribution in [0.5, 0.6) is 0 Å². The Hall–Kier alpha value is -0.220. The Morgan fingerprint density at radius 3 is 2.64 bits per heavy atom. The van der Waals surface area contributed by atoms with Crippen LogP contribution in [-0.2, 0) is 8.98 Å². The molecule has 0 aromatic carbocycles. The third-order valence-electron chi connectivity index (χ3n) is 2.00. The van der Waals surface area contributed by atoms with Gasteiger partial charge in [0.05, 0.1) is 6.61 Å². The lowest BCUT2D eigenvalue weighted by Gasteiger charge is -2.46. The minimum atomic E-state index is 0.132. The molecule has 1 rings (SSSR count). The fraction of sp³-hybridized carbons (Fsp3) is 0.857. The summed E-state index contributed by atoms with van der Waals surface area (Å²) >= 11 is 3.68. The topological polar surface area (TPSA) is 29.5 Å². The molecule has 1 aliphatic heterocycles. The molecule has 0 aromatic heterocycles. The van der Waals surface area contributed by atoms with Crippen molar-refractivity contribution in [1.29, 1.82) is 0 Å². The maximum absolute atomic E-state index is 10.8. The van der Waals surface area contributed by atoms with Crippen molar-refractivity contribution in [3.8, 4) is 0 Å². The second-order valence-corrected chi connectivity index (χ2v) is 3.72. The van der Waals surface area contributed by atoms with Gasteiger partial charge in [-0.05, 0) is 12.9 Å². The zero-order valence-corrected chi connectivity index (χ0v) is 7.73. The van der Waals surface area contributed by atoms with Gasteiger partial charge >= 0.3 is 0 Å². The number of carbonyl (C=O) groups excluding carboxylic acids is 1. The zero-order valence-electron chi connectivity index (χ0n) is 6.83. The number of nitrogens with zero attached hydrogens (tertiary/aromatic N) is 1. The Labute approximate surface area is 72.3 Å². The summed E-state index contributed by atoms with van der Waals surface area (Å²) in [7, 11) is 0. The lowest BCUT2D eigenvalue weighted by molar-refractivity contribution is -0.141. The minimum absolute atomic E-state index is 0.132. The first kappa shape index (κ1) is 8.87. The fourth-order valence-electron chi connectivity index (χ4n) is 1.35. The Bertz CT molecular complexity index is 166. The Morgan fingerprint density at radius 2 is 2.27 bits per heavy atom. The van der Waals surface area contributed by atoms with Crippen LogP contribution in [0.4, 0.5) is 0 Å². The number of thiol groups is 1. The predicted octanol–water partition coefficient (Wildman–Crippen LogP) is 0.716. The highest BCUT2D eigenvalue weighted by atomic mass is 32.1. The van der Waals surface area contributed by atoms with Gasteiger partial charge in [0.25, 0.3) is 0 Å². The molecular weight excluding hydrogens is 162 g/mol. The van der Waals surface area contributed by atoms with Crippen molar-refractivity contribution in [3.63, 3.8) is 0 Å². The van der Waals surface area contributed by atoms with Crippen molar-refractivity contribution in [2.24, 2.45) is 5.41 Å². The molecule has 11 heavy (non-hydrogen) atoms. The molecule has 0 atom stereocenters. The molecule has 4 heteroatoms. The average Bonchev–Trinajstić information content (AvgIpc) is 1.82. The first-order valence-corrected chi connectivity index (χ1v) is 3.96. The van der Waals surface area contributed by atoms with Crippen molar-refractivity contribution in [2.45, 2.75) is 13.8 Å². The normalized spacial score (nSPS) is 21.2. The molecule has 0 unspecified atom stereocenters. The van der Waals surface area contributed by atoms with Crippen molar-refractivity contribution >= 4 is 18.8 Å². The molecule has 1 saturated heterocycles. The largest absolute Gasteiger partial charge is 0.342 e. The summed E-state index contributed by atoms with van der Waals surface area (Å²) in [4.78, 5) is 12.6. The van der Waals surface area contributed by atoms with E-state index in [1.165, 1.54) is 0 Å². The van der Waals surface area contributed by atoms with Crippen LogP contribution in [0, 0.1) is 5.41 Å². The van der Waals surface area contributed by atoms with Gasteiger partial charge in [0.2, 0.25) is 5.91 Å². The van der Waals surface area contributed by atoms with Gasteiger partial charge in [0, 0.05) is 25.4 Å². The molecule has 1 amide bonds. The summed E-state index contributed by atoms with van der Waals surface area (Å²) in [6.07, 6.45) is 0. The molecule has 0 spiro atoms. The van der Waals surface area contributed by atoms with E-state index in [2.05, 4.69) is 19.8 Å². The van der Waals surface area contributed by atoms with Crippen LogP contribution in [0.3, 0.4) is 0 Å². The summed E-state index contributed by atoms with van der Waals surface area (Å²) in [5.41, 5.74) is 0.132. The van der Waals surface area contributed by atoms with E-state index in [0.29, 0.717) is 6.61 Å². The second-order valence-electron chi connectivity index (χ2n) is 3.46. The Kier molecular flexibility index (Phi) is 2.44. The van der Waals surface area contributed by atoms with Gasteiger partial charge in [-0.25, -0.2) is 0 Å². The smallest absolute Gasteiger partial charge is 0.219 e. The van der Waals surface area contributed by atoms with E-state index < -0.39 is 0 Å². The van der Waals surface area contributed by atoms with Gasteiger partial charge in [0.1, 0.15) is 0 Å². The van der Waals surface area contributed by atoms with Gasteiger partial charge in [-0.1, -0.05) is 6.92 Å². The minimum Gasteiger partial charge on any atom is -0.342 e. The van der Waals surface area contributed by atoms with E-state index in [4.69, 9.17) is 4.18 Å². The van der Waals surface area contributed by atoms with Crippen molar-refractivity contribution in [2.75, 3.05) is 19.7 Å². The van der Waals surface area contributed by atoms with Crippen LogP contribution in [0.1, 0.15) is 13.8 Å². The third kappa shape index (κ3) is 1.87. The van der Waals surface area contributed by atoms with Crippen molar-refractivity contribution in [1.82, 2.24) is 4.90 Å². The van der Waals surface area contributed by atoms with Crippen LogP contribution in [-0.4, -0.2) is 30.5 Å². The summed E-state index contributed by atoms with van der Waals surface area (Å²) < 4.78 is 4.73.